The highest BCUT2D eigenvalue weighted by Gasteiger charge is 2.49. The maximum absolute atomic E-state index is 13.8. The van der Waals surface area contributed by atoms with Crippen LogP contribution >= 0.6 is 0 Å². The Kier molecular flexibility index (Phi) is 3.94. The Morgan fingerprint density at radius 2 is 2.22 bits per heavy atom. The van der Waals surface area contributed by atoms with Gasteiger partial charge < -0.3 is 15.4 Å². The minimum atomic E-state index is -1.08. The lowest BCUT2D eigenvalue weighted by Crippen LogP contribution is -2.46. The van der Waals surface area contributed by atoms with Crippen molar-refractivity contribution in [2.75, 3.05) is 12.4 Å². The minimum absolute atomic E-state index is 0.195. The van der Waals surface area contributed by atoms with E-state index in [1.165, 1.54) is 6.08 Å². The molecule has 4 nitrogen and oxygen atoms in total. The molecule has 0 spiro atoms. The van der Waals surface area contributed by atoms with Crippen molar-refractivity contribution >= 4 is 11.6 Å². The number of hydrogen-bond acceptors (Lipinski definition) is 3. The Hall–Kier alpha value is -2.56. The molecule has 1 aliphatic carbocycles. The molecule has 2 N–H and O–H groups in total. The van der Waals surface area contributed by atoms with E-state index in [-0.39, 0.29) is 12.3 Å². The van der Waals surface area contributed by atoms with Crippen LogP contribution in [0, 0.1) is 0 Å². The van der Waals surface area contributed by atoms with Crippen molar-refractivity contribution in [3.63, 3.8) is 0 Å². The van der Waals surface area contributed by atoms with E-state index in [0.717, 1.165) is 11.4 Å². The van der Waals surface area contributed by atoms with Gasteiger partial charge in [-0.3, -0.25) is 4.79 Å². The van der Waals surface area contributed by atoms with Crippen LogP contribution in [-0.2, 0) is 4.79 Å². The van der Waals surface area contributed by atoms with Gasteiger partial charge in [-0.2, -0.15) is 0 Å². The van der Waals surface area contributed by atoms with Crippen LogP contribution in [0.4, 0.5) is 10.1 Å². The monoisotopic (exact) mass is 314 g/mol. The predicted octanol–water partition coefficient (Wildman–Crippen LogP) is 3.10. The van der Waals surface area contributed by atoms with Crippen LogP contribution in [0.15, 0.2) is 60.3 Å². The van der Waals surface area contributed by atoms with Crippen molar-refractivity contribution in [2.45, 2.75) is 24.6 Å². The third-order valence-corrected chi connectivity index (χ3v) is 4.18. The first-order valence-corrected chi connectivity index (χ1v) is 7.50. The van der Waals surface area contributed by atoms with Gasteiger partial charge >= 0.3 is 0 Å². The topological polar surface area (TPSA) is 50.4 Å². The summed E-state index contributed by atoms with van der Waals surface area (Å²) in [6.45, 7) is 3.75. The van der Waals surface area contributed by atoms with Gasteiger partial charge in [0.15, 0.2) is 0 Å². The number of hydrogen-bond donors (Lipinski definition) is 2. The van der Waals surface area contributed by atoms with E-state index in [1.807, 2.05) is 12.1 Å². The van der Waals surface area contributed by atoms with Gasteiger partial charge in [0, 0.05) is 29.8 Å². The average Bonchev–Trinajstić information content (AvgIpc) is 2.81. The zero-order valence-corrected chi connectivity index (χ0v) is 12.9. The number of alkyl halides is 1. The first-order valence-electron chi connectivity index (χ1n) is 7.50. The van der Waals surface area contributed by atoms with E-state index >= 15 is 0 Å². The van der Waals surface area contributed by atoms with Crippen LogP contribution in [0.2, 0.25) is 0 Å². The molecule has 3 rings (SSSR count). The summed E-state index contributed by atoms with van der Waals surface area (Å²) < 4.78 is 19.0. The van der Waals surface area contributed by atoms with E-state index < -0.39 is 11.7 Å². The van der Waals surface area contributed by atoms with Gasteiger partial charge in [0.2, 0.25) is 0 Å². The van der Waals surface area contributed by atoms with Crippen LogP contribution in [0.3, 0.4) is 0 Å². The van der Waals surface area contributed by atoms with Crippen molar-refractivity contribution in [3.05, 3.63) is 60.3 Å². The van der Waals surface area contributed by atoms with E-state index in [4.69, 9.17) is 4.74 Å². The molecule has 1 aliphatic heterocycles. The Morgan fingerprint density at radius 3 is 2.87 bits per heavy atom. The fourth-order valence-corrected chi connectivity index (χ4v) is 3.04. The molecule has 120 valence electrons. The lowest BCUT2D eigenvalue weighted by Gasteiger charge is -2.30. The fourth-order valence-electron chi connectivity index (χ4n) is 3.04. The quantitative estimate of drug-likeness (QED) is 0.821. The number of carbonyl (C=O) groups excluding carboxylic acids is 1. The third-order valence-electron chi connectivity index (χ3n) is 4.18. The van der Waals surface area contributed by atoms with Crippen molar-refractivity contribution < 1.29 is 13.9 Å². The number of amides is 1. The maximum atomic E-state index is 13.8. The molecule has 1 amide bonds. The molecule has 1 aromatic rings. The summed E-state index contributed by atoms with van der Waals surface area (Å²) >= 11 is 0. The Balaban J connectivity index is 1.99. The molecule has 23 heavy (non-hydrogen) atoms. The number of halogens is 1. The number of ether oxygens (including phenoxy) is 1. The summed E-state index contributed by atoms with van der Waals surface area (Å²) in [7, 11) is 1.59. The Labute approximate surface area is 134 Å². The van der Waals surface area contributed by atoms with Crippen LogP contribution in [0.25, 0.3) is 0 Å². The summed E-state index contributed by atoms with van der Waals surface area (Å²) in [5.74, 6) is 0.533. The number of rotatable bonds is 5. The molecule has 0 bridgehead atoms. The highest BCUT2D eigenvalue weighted by Crippen LogP contribution is 2.39. The van der Waals surface area contributed by atoms with Crippen molar-refractivity contribution in [1.29, 1.82) is 0 Å². The van der Waals surface area contributed by atoms with E-state index in [9.17, 15) is 9.18 Å². The average molecular weight is 314 g/mol. The van der Waals surface area contributed by atoms with E-state index in [1.54, 1.807) is 31.4 Å². The van der Waals surface area contributed by atoms with Gasteiger partial charge in [-0.15, -0.1) is 6.58 Å². The molecule has 5 heteroatoms. The molecule has 0 saturated carbocycles. The summed E-state index contributed by atoms with van der Waals surface area (Å²) in [5.41, 5.74) is 1.06. The molecule has 1 saturated heterocycles. The number of nitrogens with one attached hydrogen (secondary N) is 2. The van der Waals surface area contributed by atoms with Gasteiger partial charge in [-0.05, 0) is 30.3 Å². The number of anilines is 1. The summed E-state index contributed by atoms with van der Waals surface area (Å²) in [4.78, 5) is 12.6. The van der Waals surface area contributed by atoms with Gasteiger partial charge in [0.25, 0.3) is 5.91 Å². The first-order chi connectivity index (χ1) is 11.1. The highest BCUT2D eigenvalue weighted by molar-refractivity contribution is 6.00. The summed E-state index contributed by atoms with van der Waals surface area (Å²) in [6, 6.07) is 7.27. The normalized spacial score (nSPS) is 25.8. The van der Waals surface area contributed by atoms with Crippen LogP contribution in [0.5, 0.6) is 5.75 Å². The third kappa shape index (κ3) is 2.63. The molecule has 0 aromatic heterocycles. The smallest absolute Gasteiger partial charge is 0.255 e. The lowest BCUT2D eigenvalue weighted by molar-refractivity contribution is -0.122. The summed E-state index contributed by atoms with van der Waals surface area (Å²) in [5, 5.41) is 6.11. The van der Waals surface area contributed by atoms with Crippen LogP contribution < -0.4 is 15.4 Å². The van der Waals surface area contributed by atoms with Crippen LogP contribution in [0.1, 0.15) is 12.8 Å². The molecule has 2 unspecified atom stereocenters. The summed E-state index contributed by atoms with van der Waals surface area (Å²) in [6.07, 6.45) is 4.49. The number of fused-ring (bicyclic) bond motifs is 1. The number of allylic oxidation sites excluding steroid dienone is 2. The van der Waals surface area contributed by atoms with Crippen LogP contribution in [-0.4, -0.2) is 24.7 Å². The van der Waals surface area contributed by atoms with E-state index in [0.29, 0.717) is 17.7 Å². The van der Waals surface area contributed by atoms with Gasteiger partial charge in [0.05, 0.1) is 7.11 Å². The molecule has 2 atom stereocenters. The molecule has 2 aliphatic rings. The van der Waals surface area contributed by atoms with Crippen molar-refractivity contribution in [1.82, 2.24) is 5.32 Å². The number of benzene rings is 1. The van der Waals surface area contributed by atoms with Gasteiger partial charge in [0.1, 0.15) is 17.5 Å². The molecule has 1 fully saturated rings. The second kappa shape index (κ2) is 5.91. The molecular weight excluding hydrogens is 295 g/mol. The number of methoxy groups -OCH3 is 1. The lowest BCUT2D eigenvalue weighted by atomic mass is 9.84. The maximum Gasteiger partial charge on any atom is 0.255 e. The number of carbonyl (C=O) groups is 1. The van der Waals surface area contributed by atoms with Crippen molar-refractivity contribution in [2.24, 2.45) is 0 Å². The Morgan fingerprint density at radius 1 is 1.48 bits per heavy atom. The second-order valence-electron chi connectivity index (χ2n) is 5.66. The Bertz CT molecular complexity index is 693. The molecule has 1 heterocycles. The fraction of sp³-hybridized carbons (Fsp3) is 0.278. The SMILES string of the molecule is C=CCC1(Nc2ccc(OC)cc2)C(=O)NC2=CCC(F)C=C21. The van der Waals surface area contributed by atoms with Gasteiger partial charge in [-0.25, -0.2) is 4.39 Å². The standard InChI is InChI=1S/C18H19FN2O2/c1-3-10-18(21-13-5-7-14(23-2)8-6-13)15-11-12(19)4-9-16(15)20-17(18)22/h3,5-9,11-12,21H,1,4,10H2,2H3,(H,20,22). The highest BCUT2D eigenvalue weighted by atomic mass is 19.1. The zero-order valence-electron chi connectivity index (χ0n) is 12.9. The molecule has 1 aromatic carbocycles. The molecular formula is C18H19FN2O2. The van der Waals surface area contributed by atoms with Crippen molar-refractivity contribution in [3.8, 4) is 5.75 Å². The minimum Gasteiger partial charge on any atom is -0.497 e. The second-order valence-corrected chi connectivity index (χ2v) is 5.66. The zero-order chi connectivity index (χ0) is 16.4. The molecule has 0 radical (unpaired) electrons. The largest absolute Gasteiger partial charge is 0.497 e. The predicted molar refractivity (Wildman–Crippen MR) is 88.0 cm³/mol. The van der Waals surface area contributed by atoms with E-state index in [2.05, 4.69) is 17.2 Å². The first kappa shape index (κ1) is 15.3. The van der Waals surface area contributed by atoms with Gasteiger partial charge in [-0.1, -0.05) is 12.2 Å².